The van der Waals surface area contributed by atoms with E-state index < -0.39 is 9.84 Å². The van der Waals surface area contributed by atoms with Crippen LogP contribution in [0.1, 0.15) is 45.4 Å². The summed E-state index contributed by atoms with van der Waals surface area (Å²) in [6.07, 6.45) is 7.91. The highest BCUT2D eigenvalue weighted by Gasteiger charge is 2.23. The van der Waals surface area contributed by atoms with E-state index in [0.717, 1.165) is 51.5 Å². The Kier molecular flexibility index (Phi) is 12.1. The third kappa shape index (κ3) is 10.3. The SMILES string of the molecule is CCNC(=NCCCS(C)(=O)=O)N1CCC(OCC2CCCCO2)CC1.I. The van der Waals surface area contributed by atoms with Gasteiger partial charge in [0, 0.05) is 39.0 Å². The zero-order valence-electron chi connectivity index (χ0n) is 16.7. The molecule has 1 atom stereocenters. The largest absolute Gasteiger partial charge is 0.376 e. The lowest BCUT2D eigenvalue weighted by molar-refractivity contribution is -0.0721. The molecule has 0 saturated carbocycles. The number of hydrogen-bond acceptors (Lipinski definition) is 5. The van der Waals surface area contributed by atoms with Crippen LogP contribution in [0.3, 0.4) is 0 Å². The van der Waals surface area contributed by atoms with E-state index in [2.05, 4.69) is 15.2 Å². The summed E-state index contributed by atoms with van der Waals surface area (Å²) in [5.74, 6) is 1.07. The maximum absolute atomic E-state index is 11.2. The summed E-state index contributed by atoms with van der Waals surface area (Å²) in [7, 11) is -2.91. The van der Waals surface area contributed by atoms with Crippen molar-refractivity contribution in [2.24, 2.45) is 4.99 Å². The second kappa shape index (κ2) is 13.2. The van der Waals surface area contributed by atoms with Crippen LogP contribution in [0.5, 0.6) is 0 Å². The maximum Gasteiger partial charge on any atom is 0.193 e. The molecular formula is C18H36IN3O4S. The summed E-state index contributed by atoms with van der Waals surface area (Å²) in [6.45, 7) is 6.79. The van der Waals surface area contributed by atoms with Crippen LogP contribution < -0.4 is 5.32 Å². The van der Waals surface area contributed by atoms with Gasteiger partial charge in [-0.2, -0.15) is 0 Å². The first kappa shape index (κ1) is 24.9. The fraction of sp³-hybridized carbons (Fsp3) is 0.944. The lowest BCUT2D eigenvalue weighted by atomic mass is 10.1. The fourth-order valence-corrected chi connectivity index (χ4v) is 4.01. The number of ether oxygens (including phenoxy) is 2. The van der Waals surface area contributed by atoms with Crippen LogP contribution in [-0.2, 0) is 19.3 Å². The second-order valence-electron chi connectivity index (χ2n) is 7.23. The molecule has 0 spiro atoms. The average Bonchev–Trinajstić information content (AvgIpc) is 2.63. The minimum absolute atomic E-state index is 0. The fourth-order valence-electron chi connectivity index (χ4n) is 3.35. The van der Waals surface area contributed by atoms with E-state index in [1.807, 2.05) is 6.92 Å². The van der Waals surface area contributed by atoms with Crippen molar-refractivity contribution in [2.45, 2.75) is 57.7 Å². The Morgan fingerprint density at radius 2 is 2.00 bits per heavy atom. The van der Waals surface area contributed by atoms with E-state index in [0.29, 0.717) is 25.7 Å². The predicted octanol–water partition coefficient (Wildman–Crippen LogP) is 2.05. The van der Waals surface area contributed by atoms with E-state index in [9.17, 15) is 8.42 Å². The highest BCUT2D eigenvalue weighted by molar-refractivity contribution is 14.0. The minimum Gasteiger partial charge on any atom is -0.376 e. The van der Waals surface area contributed by atoms with Gasteiger partial charge in [0.1, 0.15) is 9.84 Å². The van der Waals surface area contributed by atoms with Crippen LogP contribution in [0.2, 0.25) is 0 Å². The summed E-state index contributed by atoms with van der Waals surface area (Å²) >= 11 is 0. The molecule has 2 rings (SSSR count). The van der Waals surface area contributed by atoms with Crippen molar-refractivity contribution in [2.75, 3.05) is 51.4 Å². The molecule has 2 fully saturated rings. The number of nitrogens with one attached hydrogen (secondary N) is 1. The van der Waals surface area contributed by atoms with Gasteiger partial charge in [0.2, 0.25) is 0 Å². The molecule has 0 bridgehead atoms. The van der Waals surface area contributed by atoms with Gasteiger partial charge in [0.05, 0.1) is 24.6 Å². The number of sulfone groups is 1. The van der Waals surface area contributed by atoms with Gasteiger partial charge in [-0.3, -0.25) is 4.99 Å². The van der Waals surface area contributed by atoms with Gasteiger partial charge in [-0.05, 0) is 45.4 Å². The van der Waals surface area contributed by atoms with E-state index in [1.54, 1.807) is 0 Å². The van der Waals surface area contributed by atoms with Crippen LogP contribution in [0.15, 0.2) is 4.99 Å². The average molecular weight is 517 g/mol. The van der Waals surface area contributed by atoms with Crippen molar-refractivity contribution in [3.05, 3.63) is 0 Å². The number of halogens is 1. The monoisotopic (exact) mass is 517 g/mol. The predicted molar refractivity (Wildman–Crippen MR) is 120 cm³/mol. The Morgan fingerprint density at radius 3 is 2.59 bits per heavy atom. The van der Waals surface area contributed by atoms with Crippen LogP contribution in [0, 0.1) is 0 Å². The molecule has 2 heterocycles. The Hall–Kier alpha value is -0.130. The van der Waals surface area contributed by atoms with Crippen LogP contribution in [0.25, 0.3) is 0 Å². The molecule has 27 heavy (non-hydrogen) atoms. The van der Waals surface area contributed by atoms with Crippen LogP contribution in [0.4, 0.5) is 0 Å². The van der Waals surface area contributed by atoms with Crippen molar-refractivity contribution < 1.29 is 17.9 Å². The van der Waals surface area contributed by atoms with Crippen molar-refractivity contribution in [3.63, 3.8) is 0 Å². The van der Waals surface area contributed by atoms with Gasteiger partial charge in [0.25, 0.3) is 0 Å². The summed E-state index contributed by atoms with van der Waals surface area (Å²) < 4.78 is 34.2. The Labute approximate surface area is 181 Å². The first-order chi connectivity index (χ1) is 12.5. The molecule has 1 N–H and O–H groups in total. The zero-order valence-corrected chi connectivity index (χ0v) is 19.8. The summed E-state index contributed by atoms with van der Waals surface area (Å²) in [5, 5.41) is 3.31. The molecule has 0 aromatic carbocycles. The highest BCUT2D eigenvalue weighted by Crippen LogP contribution is 2.18. The number of hydrogen-bond donors (Lipinski definition) is 1. The highest BCUT2D eigenvalue weighted by atomic mass is 127. The van der Waals surface area contributed by atoms with Crippen LogP contribution in [-0.4, -0.2) is 82.9 Å². The van der Waals surface area contributed by atoms with Gasteiger partial charge < -0.3 is 19.7 Å². The third-order valence-electron chi connectivity index (χ3n) is 4.80. The molecule has 160 valence electrons. The topological polar surface area (TPSA) is 80.2 Å². The van der Waals surface area contributed by atoms with Crippen molar-refractivity contribution in [3.8, 4) is 0 Å². The third-order valence-corrected chi connectivity index (χ3v) is 5.83. The summed E-state index contributed by atoms with van der Waals surface area (Å²) in [5.41, 5.74) is 0. The Balaban J connectivity index is 0.00000364. The maximum atomic E-state index is 11.2. The van der Waals surface area contributed by atoms with Gasteiger partial charge in [0.15, 0.2) is 5.96 Å². The quantitative estimate of drug-likeness (QED) is 0.230. The molecule has 0 aromatic rings. The number of rotatable bonds is 8. The molecule has 0 aliphatic carbocycles. The normalized spacial score (nSPS) is 22.4. The van der Waals surface area contributed by atoms with E-state index in [4.69, 9.17) is 9.47 Å². The second-order valence-corrected chi connectivity index (χ2v) is 9.49. The van der Waals surface area contributed by atoms with Gasteiger partial charge >= 0.3 is 0 Å². The van der Waals surface area contributed by atoms with E-state index >= 15 is 0 Å². The molecule has 2 saturated heterocycles. The van der Waals surface area contributed by atoms with Gasteiger partial charge in [-0.15, -0.1) is 24.0 Å². The van der Waals surface area contributed by atoms with E-state index in [1.165, 1.54) is 19.1 Å². The van der Waals surface area contributed by atoms with Crippen LogP contribution >= 0.6 is 24.0 Å². The molecular weight excluding hydrogens is 481 g/mol. The number of piperidine rings is 1. The Morgan fingerprint density at radius 1 is 1.26 bits per heavy atom. The first-order valence-electron chi connectivity index (χ1n) is 9.92. The smallest absolute Gasteiger partial charge is 0.193 e. The van der Waals surface area contributed by atoms with Crippen molar-refractivity contribution in [1.82, 2.24) is 10.2 Å². The van der Waals surface area contributed by atoms with Crippen molar-refractivity contribution >= 4 is 39.8 Å². The zero-order chi connectivity index (χ0) is 18.8. The molecule has 1 unspecified atom stereocenters. The lowest BCUT2D eigenvalue weighted by Crippen LogP contribution is -2.47. The summed E-state index contributed by atoms with van der Waals surface area (Å²) in [4.78, 5) is 6.84. The van der Waals surface area contributed by atoms with Crippen molar-refractivity contribution in [1.29, 1.82) is 0 Å². The number of guanidine groups is 1. The Bertz CT molecular complexity index is 531. The molecule has 9 heteroatoms. The molecule has 7 nitrogen and oxygen atoms in total. The van der Waals surface area contributed by atoms with Gasteiger partial charge in [-0.25, -0.2) is 8.42 Å². The van der Waals surface area contributed by atoms with Gasteiger partial charge in [-0.1, -0.05) is 0 Å². The molecule has 0 aromatic heterocycles. The number of aliphatic imine (C=N–C) groups is 1. The molecule has 2 aliphatic rings. The molecule has 0 amide bonds. The molecule has 2 aliphatic heterocycles. The minimum atomic E-state index is -2.91. The summed E-state index contributed by atoms with van der Waals surface area (Å²) in [6, 6.07) is 0. The number of likely N-dealkylation sites (tertiary alicyclic amines) is 1. The standard InChI is InChI=1S/C18H35N3O4S.HI/c1-3-19-18(20-10-6-14-26(2,22)23)21-11-8-16(9-12-21)25-15-17-7-4-5-13-24-17;/h16-17H,3-15H2,1-2H3,(H,19,20);1H. The van der Waals surface area contributed by atoms with E-state index in [-0.39, 0.29) is 35.8 Å². The molecule has 0 radical (unpaired) electrons. The first-order valence-corrected chi connectivity index (χ1v) is 12.0. The number of nitrogens with zero attached hydrogens (tertiary/aromatic N) is 2. The lowest BCUT2D eigenvalue weighted by Gasteiger charge is -2.35.